The summed E-state index contributed by atoms with van der Waals surface area (Å²) in [6, 6.07) is 13.2. The number of pyridine rings is 1. The van der Waals surface area contributed by atoms with Crippen LogP contribution in [0.1, 0.15) is 12.8 Å². The Labute approximate surface area is 160 Å². The molecule has 0 bridgehead atoms. The molecule has 1 aliphatic heterocycles. The fraction of sp³-hybridized carbons (Fsp3) is 0.263. The van der Waals surface area contributed by atoms with Crippen LogP contribution in [0.5, 0.6) is 0 Å². The first-order chi connectivity index (χ1) is 13.2. The summed E-state index contributed by atoms with van der Waals surface area (Å²) in [5, 5.41) is 12.3. The third-order valence-corrected chi connectivity index (χ3v) is 5.39. The van der Waals surface area contributed by atoms with Gasteiger partial charge in [0.05, 0.1) is 29.5 Å². The number of rotatable bonds is 6. The standard InChI is InChI=1S/C19H18N4O3S/c24-23(25)15-8-9-18(20-11-15)27-19-21-12-17(14-5-2-1-3-6-14)22(19)13-16-7-4-10-26-16/h1-3,5-6,8-9,11-12,16H,4,7,10,13H2/t16-/m0/s1. The van der Waals surface area contributed by atoms with Crippen LogP contribution < -0.4 is 0 Å². The number of ether oxygens (including phenoxy) is 1. The normalized spacial score (nSPS) is 16.5. The lowest BCUT2D eigenvalue weighted by atomic mass is 10.1. The molecule has 8 heteroatoms. The van der Waals surface area contributed by atoms with Gasteiger partial charge in [0.15, 0.2) is 5.16 Å². The van der Waals surface area contributed by atoms with Gasteiger partial charge in [-0.15, -0.1) is 0 Å². The monoisotopic (exact) mass is 382 g/mol. The molecule has 1 aromatic carbocycles. The molecular formula is C19H18N4O3S. The minimum atomic E-state index is -0.451. The Hall–Kier alpha value is -2.71. The molecule has 0 spiro atoms. The number of nitrogens with zero attached hydrogens (tertiary/aromatic N) is 4. The van der Waals surface area contributed by atoms with Crippen molar-refractivity contribution in [2.24, 2.45) is 0 Å². The maximum absolute atomic E-state index is 10.8. The zero-order valence-corrected chi connectivity index (χ0v) is 15.3. The molecule has 2 aromatic heterocycles. The zero-order chi connectivity index (χ0) is 18.6. The van der Waals surface area contributed by atoms with Crippen molar-refractivity contribution < 1.29 is 9.66 Å². The van der Waals surface area contributed by atoms with Gasteiger partial charge in [-0.05, 0) is 36.2 Å². The highest BCUT2D eigenvalue weighted by Crippen LogP contribution is 2.31. The Bertz CT molecular complexity index is 922. The maximum Gasteiger partial charge on any atom is 0.287 e. The molecule has 0 N–H and O–H groups in total. The summed E-state index contributed by atoms with van der Waals surface area (Å²) < 4.78 is 7.97. The van der Waals surface area contributed by atoms with E-state index in [4.69, 9.17) is 4.74 Å². The first kappa shape index (κ1) is 17.7. The van der Waals surface area contributed by atoms with Gasteiger partial charge in [-0.1, -0.05) is 30.3 Å². The van der Waals surface area contributed by atoms with Gasteiger partial charge < -0.3 is 9.30 Å². The van der Waals surface area contributed by atoms with E-state index in [0.29, 0.717) is 5.03 Å². The van der Waals surface area contributed by atoms with Gasteiger partial charge in [-0.25, -0.2) is 9.97 Å². The summed E-state index contributed by atoms with van der Waals surface area (Å²) in [4.78, 5) is 19.1. The second-order valence-corrected chi connectivity index (χ2v) is 7.24. The van der Waals surface area contributed by atoms with E-state index in [1.807, 2.05) is 24.4 Å². The Morgan fingerprint density at radius 2 is 2.04 bits per heavy atom. The van der Waals surface area contributed by atoms with Crippen molar-refractivity contribution in [1.82, 2.24) is 14.5 Å². The second-order valence-electron chi connectivity index (χ2n) is 6.25. The quantitative estimate of drug-likeness (QED) is 0.470. The highest BCUT2D eigenvalue weighted by molar-refractivity contribution is 7.99. The van der Waals surface area contributed by atoms with E-state index < -0.39 is 4.92 Å². The topological polar surface area (TPSA) is 83.1 Å². The zero-order valence-electron chi connectivity index (χ0n) is 14.5. The number of hydrogen-bond acceptors (Lipinski definition) is 6. The first-order valence-corrected chi connectivity index (χ1v) is 9.53. The SMILES string of the molecule is O=[N+]([O-])c1ccc(Sc2ncc(-c3ccccc3)n2C[C@@H]2CCCO2)nc1. The van der Waals surface area contributed by atoms with E-state index in [0.717, 1.165) is 42.4 Å². The Morgan fingerprint density at radius 1 is 1.19 bits per heavy atom. The van der Waals surface area contributed by atoms with Crippen molar-refractivity contribution in [3.05, 3.63) is 65.0 Å². The number of benzene rings is 1. The third kappa shape index (κ3) is 4.01. The summed E-state index contributed by atoms with van der Waals surface area (Å²) in [6.45, 7) is 1.52. The molecule has 0 radical (unpaired) electrons. The number of imidazole rings is 1. The highest BCUT2D eigenvalue weighted by Gasteiger charge is 2.21. The predicted octanol–water partition coefficient (Wildman–Crippen LogP) is 4.18. The molecule has 3 aromatic rings. The van der Waals surface area contributed by atoms with Crippen molar-refractivity contribution in [1.29, 1.82) is 0 Å². The second kappa shape index (κ2) is 7.89. The van der Waals surface area contributed by atoms with E-state index >= 15 is 0 Å². The predicted molar refractivity (Wildman–Crippen MR) is 102 cm³/mol. The average molecular weight is 382 g/mol. The van der Waals surface area contributed by atoms with Gasteiger partial charge >= 0.3 is 0 Å². The molecule has 1 saturated heterocycles. The van der Waals surface area contributed by atoms with Gasteiger partial charge in [0.25, 0.3) is 5.69 Å². The van der Waals surface area contributed by atoms with Crippen LogP contribution in [0.15, 0.2) is 65.0 Å². The van der Waals surface area contributed by atoms with Crippen molar-refractivity contribution in [3.8, 4) is 11.3 Å². The number of aromatic nitrogens is 3. The Balaban J connectivity index is 1.64. The molecule has 138 valence electrons. The Kier molecular flexibility index (Phi) is 5.17. The molecule has 0 aliphatic carbocycles. The smallest absolute Gasteiger partial charge is 0.287 e. The highest BCUT2D eigenvalue weighted by atomic mass is 32.2. The van der Waals surface area contributed by atoms with Crippen molar-refractivity contribution in [2.45, 2.75) is 35.7 Å². The molecule has 0 saturated carbocycles. The third-order valence-electron chi connectivity index (χ3n) is 4.43. The van der Waals surface area contributed by atoms with Crippen LogP contribution in [0.2, 0.25) is 0 Å². The summed E-state index contributed by atoms with van der Waals surface area (Å²) in [6.07, 6.45) is 5.41. The molecule has 1 atom stereocenters. The molecule has 1 fully saturated rings. The van der Waals surface area contributed by atoms with Crippen LogP contribution >= 0.6 is 11.8 Å². The minimum absolute atomic E-state index is 0.0213. The largest absolute Gasteiger partial charge is 0.376 e. The summed E-state index contributed by atoms with van der Waals surface area (Å²) in [5.41, 5.74) is 2.09. The van der Waals surface area contributed by atoms with Gasteiger partial charge in [-0.3, -0.25) is 10.1 Å². The maximum atomic E-state index is 10.8. The first-order valence-electron chi connectivity index (χ1n) is 8.71. The van der Waals surface area contributed by atoms with Crippen molar-refractivity contribution >= 4 is 17.4 Å². The number of hydrogen-bond donors (Lipinski definition) is 0. The van der Waals surface area contributed by atoms with Crippen LogP contribution in [-0.4, -0.2) is 32.2 Å². The van der Waals surface area contributed by atoms with Gasteiger partial charge in [0.1, 0.15) is 11.2 Å². The van der Waals surface area contributed by atoms with Gasteiger partial charge in [0.2, 0.25) is 0 Å². The van der Waals surface area contributed by atoms with Crippen LogP contribution in [0.3, 0.4) is 0 Å². The van der Waals surface area contributed by atoms with E-state index in [1.54, 1.807) is 6.07 Å². The molecule has 0 amide bonds. The fourth-order valence-electron chi connectivity index (χ4n) is 3.08. The van der Waals surface area contributed by atoms with E-state index in [1.165, 1.54) is 24.0 Å². The van der Waals surface area contributed by atoms with E-state index in [-0.39, 0.29) is 11.8 Å². The summed E-state index contributed by atoms with van der Waals surface area (Å²) in [5.74, 6) is 0. The van der Waals surface area contributed by atoms with Crippen LogP contribution in [0.25, 0.3) is 11.3 Å². The summed E-state index contributed by atoms with van der Waals surface area (Å²) >= 11 is 1.40. The molecule has 4 rings (SSSR count). The van der Waals surface area contributed by atoms with Crippen molar-refractivity contribution in [2.75, 3.05) is 6.61 Å². The molecule has 27 heavy (non-hydrogen) atoms. The van der Waals surface area contributed by atoms with E-state index in [2.05, 4.69) is 26.7 Å². The van der Waals surface area contributed by atoms with Crippen LogP contribution in [0.4, 0.5) is 5.69 Å². The Morgan fingerprint density at radius 3 is 2.70 bits per heavy atom. The summed E-state index contributed by atoms with van der Waals surface area (Å²) in [7, 11) is 0. The average Bonchev–Trinajstić information content (AvgIpc) is 3.34. The molecule has 7 nitrogen and oxygen atoms in total. The lowest BCUT2D eigenvalue weighted by Crippen LogP contribution is -2.16. The van der Waals surface area contributed by atoms with Crippen LogP contribution in [0, 0.1) is 10.1 Å². The van der Waals surface area contributed by atoms with Crippen LogP contribution in [-0.2, 0) is 11.3 Å². The fourth-order valence-corrected chi connectivity index (χ4v) is 3.90. The van der Waals surface area contributed by atoms with Gasteiger partial charge in [-0.2, -0.15) is 0 Å². The molecule has 3 heterocycles. The molecule has 0 unspecified atom stereocenters. The van der Waals surface area contributed by atoms with Gasteiger partial charge in [0, 0.05) is 12.7 Å². The molecular weight excluding hydrogens is 364 g/mol. The molecule has 1 aliphatic rings. The lowest BCUT2D eigenvalue weighted by Gasteiger charge is -2.16. The van der Waals surface area contributed by atoms with E-state index in [9.17, 15) is 10.1 Å². The lowest BCUT2D eigenvalue weighted by molar-refractivity contribution is -0.385. The minimum Gasteiger partial charge on any atom is -0.376 e. The van der Waals surface area contributed by atoms with Crippen molar-refractivity contribution in [3.63, 3.8) is 0 Å². The number of nitro groups is 1.